The summed E-state index contributed by atoms with van der Waals surface area (Å²) in [6.07, 6.45) is 1.66. The van der Waals surface area contributed by atoms with E-state index in [4.69, 9.17) is 4.74 Å². The molecule has 0 unspecified atom stereocenters. The van der Waals surface area contributed by atoms with E-state index in [0.717, 1.165) is 16.8 Å². The first-order valence-corrected chi connectivity index (χ1v) is 14.0. The summed E-state index contributed by atoms with van der Waals surface area (Å²) in [6, 6.07) is 22.4. The normalized spacial score (nSPS) is 14.0. The topological polar surface area (TPSA) is 125 Å². The van der Waals surface area contributed by atoms with Gasteiger partial charge >= 0.3 is 5.97 Å². The Morgan fingerprint density at radius 3 is 2.16 bits per heavy atom. The number of H-pyrrole nitrogens is 1. The number of nitrogens with one attached hydrogen (secondary N) is 4. The summed E-state index contributed by atoms with van der Waals surface area (Å²) in [6.45, 7) is 11.0. The van der Waals surface area contributed by atoms with Crippen molar-refractivity contribution < 1.29 is 19.1 Å². The van der Waals surface area contributed by atoms with Crippen LogP contribution in [0.3, 0.4) is 0 Å². The summed E-state index contributed by atoms with van der Waals surface area (Å²) >= 11 is 0. The molecule has 0 radical (unpaired) electrons. The molecule has 1 aromatic heterocycles. The van der Waals surface area contributed by atoms with Crippen molar-refractivity contribution >= 4 is 46.1 Å². The van der Waals surface area contributed by atoms with Gasteiger partial charge in [0.15, 0.2) is 5.82 Å². The molecule has 3 aromatic carbocycles. The van der Waals surface area contributed by atoms with Crippen molar-refractivity contribution in [2.24, 2.45) is 0 Å². The van der Waals surface area contributed by atoms with Crippen molar-refractivity contribution in [1.82, 2.24) is 9.97 Å². The largest absolute Gasteiger partial charge is 0.459 e. The van der Waals surface area contributed by atoms with Gasteiger partial charge in [-0.1, -0.05) is 42.5 Å². The summed E-state index contributed by atoms with van der Waals surface area (Å²) in [5.41, 5.74) is 4.56. The Morgan fingerprint density at radius 2 is 1.53 bits per heavy atom. The van der Waals surface area contributed by atoms with Gasteiger partial charge in [-0.25, -0.2) is 4.98 Å². The maximum Gasteiger partial charge on any atom is 0.316 e. The van der Waals surface area contributed by atoms with Gasteiger partial charge in [-0.2, -0.15) is 0 Å². The number of imidazole rings is 1. The SMILES string of the molecule is Cc1c[nH]c(C(=O)Nc2ccc3c(c2)NC(=O)/C3=C(\Nc2ccc(C(C)(C)C(=O)OC(C)(C)C)cc2)c2ccccc2)n1. The molecular weight excluding hydrogens is 542 g/mol. The number of nitrogens with zero attached hydrogens (tertiary/aromatic N) is 1. The summed E-state index contributed by atoms with van der Waals surface area (Å²) in [5, 5.41) is 9.20. The van der Waals surface area contributed by atoms with Crippen molar-refractivity contribution in [3.05, 3.63) is 107 Å². The van der Waals surface area contributed by atoms with Gasteiger partial charge < -0.3 is 25.7 Å². The second-order valence-corrected chi connectivity index (χ2v) is 12.0. The minimum atomic E-state index is -0.848. The van der Waals surface area contributed by atoms with Gasteiger partial charge in [0.25, 0.3) is 11.8 Å². The van der Waals surface area contributed by atoms with Crippen LogP contribution in [0.4, 0.5) is 17.1 Å². The van der Waals surface area contributed by atoms with E-state index in [-0.39, 0.29) is 23.6 Å². The summed E-state index contributed by atoms with van der Waals surface area (Å²) in [5.74, 6) is -0.743. The average Bonchev–Trinajstić information content (AvgIpc) is 3.53. The highest BCUT2D eigenvalue weighted by molar-refractivity contribution is 6.37. The molecule has 0 fully saturated rings. The lowest BCUT2D eigenvalue weighted by molar-refractivity contribution is -0.160. The number of benzene rings is 3. The number of aromatic amines is 1. The van der Waals surface area contributed by atoms with E-state index >= 15 is 0 Å². The zero-order valence-corrected chi connectivity index (χ0v) is 25.1. The molecule has 5 rings (SSSR count). The Kier molecular flexibility index (Phi) is 7.67. The predicted octanol–water partition coefficient (Wildman–Crippen LogP) is 6.52. The highest BCUT2D eigenvalue weighted by Gasteiger charge is 2.34. The van der Waals surface area contributed by atoms with E-state index < -0.39 is 11.0 Å². The van der Waals surface area contributed by atoms with Gasteiger partial charge in [-0.3, -0.25) is 14.4 Å². The number of carbonyl (C=O) groups is 3. The van der Waals surface area contributed by atoms with Crippen LogP contribution in [0.15, 0.2) is 79.0 Å². The number of hydrogen-bond donors (Lipinski definition) is 4. The number of carbonyl (C=O) groups excluding carboxylic acids is 3. The first-order chi connectivity index (χ1) is 20.3. The van der Waals surface area contributed by atoms with Gasteiger partial charge in [0.1, 0.15) is 5.60 Å². The van der Waals surface area contributed by atoms with Crippen LogP contribution in [-0.4, -0.2) is 33.4 Å². The molecule has 0 saturated heterocycles. The fraction of sp³-hybridized carbons (Fsp3) is 0.235. The first-order valence-electron chi connectivity index (χ1n) is 14.0. The molecule has 220 valence electrons. The molecule has 2 amide bonds. The summed E-state index contributed by atoms with van der Waals surface area (Å²) in [4.78, 5) is 45.9. The zero-order valence-electron chi connectivity index (χ0n) is 25.1. The number of ether oxygens (including phenoxy) is 1. The molecule has 2 heterocycles. The van der Waals surface area contributed by atoms with Crippen molar-refractivity contribution in [1.29, 1.82) is 0 Å². The van der Waals surface area contributed by atoms with Crippen molar-refractivity contribution in [3.63, 3.8) is 0 Å². The van der Waals surface area contributed by atoms with Crippen LogP contribution in [0, 0.1) is 6.92 Å². The van der Waals surface area contributed by atoms with Gasteiger partial charge in [-0.15, -0.1) is 0 Å². The quantitative estimate of drug-likeness (QED) is 0.146. The molecule has 9 heteroatoms. The molecule has 0 aliphatic carbocycles. The monoisotopic (exact) mass is 577 g/mol. The van der Waals surface area contributed by atoms with E-state index in [1.54, 1.807) is 25.3 Å². The number of hydrogen-bond acceptors (Lipinski definition) is 6. The molecule has 1 aliphatic heterocycles. The number of aromatic nitrogens is 2. The molecule has 43 heavy (non-hydrogen) atoms. The van der Waals surface area contributed by atoms with Crippen molar-refractivity contribution in [2.45, 2.75) is 52.6 Å². The molecule has 0 atom stereocenters. The minimum Gasteiger partial charge on any atom is -0.459 e. The molecule has 4 N–H and O–H groups in total. The van der Waals surface area contributed by atoms with E-state index in [1.807, 2.05) is 95.3 Å². The fourth-order valence-electron chi connectivity index (χ4n) is 4.74. The Labute approximate surface area is 250 Å². The van der Waals surface area contributed by atoms with Crippen LogP contribution >= 0.6 is 0 Å². The van der Waals surface area contributed by atoms with Crippen LogP contribution < -0.4 is 16.0 Å². The zero-order chi connectivity index (χ0) is 30.9. The molecule has 1 aliphatic rings. The highest BCUT2D eigenvalue weighted by atomic mass is 16.6. The molecular formula is C34H35N5O4. The van der Waals surface area contributed by atoms with E-state index in [9.17, 15) is 14.4 Å². The van der Waals surface area contributed by atoms with Crippen LogP contribution in [0.25, 0.3) is 11.3 Å². The molecule has 0 bridgehead atoms. The number of aryl methyl sites for hydroxylation is 1. The number of anilines is 3. The second kappa shape index (κ2) is 11.2. The molecule has 0 saturated carbocycles. The van der Waals surface area contributed by atoms with Crippen LogP contribution in [0.2, 0.25) is 0 Å². The second-order valence-electron chi connectivity index (χ2n) is 12.0. The Hall–Kier alpha value is -5.18. The Balaban J connectivity index is 1.46. The van der Waals surface area contributed by atoms with Crippen LogP contribution in [0.5, 0.6) is 0 Å². The standard InChI is InChI=1S/C34H35N5O4/c1-20-19-35-29(36-20)31(41)38-24-16-17-25-26(18-24)39-30(40)27(25)28(21-10-8-7-9-11-21)37-23-14-12-22(13-15-23)34(5,6)32(42)43-33(2,3)4/h7-19,37H,1-6H3,(H,35,36)(H,38,41)(H,39,40)/b28-27-. The first kappa shape index (κ1) is 29.3. The van der Waals surface area contributed by atoms with Gasteiger partial charge in [0, 0.05) is 23.1 Å². The van der Waals surface area contributed by atoms with Gasteiger partial charge in [-0.05, 0) is 83.0 Å². The van der Waals surface area contributed by atoms with E-state index in [0.29, 0.717) is 33.9 Å². The summed E-state index contributed by atoms with van der Waals surface area (Å²) in [7, 11) is 0. The Bertz CT molecular complexity index is 1730. The third kappa shape index (κ3) is 6.35. The lowest BCUT2D eigenvalue weighted by Gasteiger charge is -2.29. The van der Waals surface area contributed by atoms with Crippen molar-refractivity contribution in [2.75, 3.05) is 16.0 Å². The fourth-order valence-corrected chi connectivity index (χ4v) is 4.74. The summed E-state index contributed by atoms with van der Waals surface area (Å²) < 4.78 is 5.64. The number of amides is 2. The minimum absolute atomic E-state index is 0.207. The molecule has 0 spiro atoms. The average molecular weight is 578 g/mol. The maximum absolute atomic E-state index is 13.4. The smallest absolute Gasteiger partial charge is 0.316 e. The molecule has 4 aromatic rings. The Morgan fingerprint density at radius 1 is 0.860 bits per heavy atom. The predicted molar refractivity (Wildman–Crippen MR) is 169 cm³/mol. The number of fused-ring (bicyclic) bond motifs is 1. The lowest BCUT2D eigenvalue weighted by Crippen LogP contribution is -2.36. The highest BCUT2D eigenvalue weighted by Crippen LogP contribution is 2.39. The third-order valence-corrected chi connectivity index (χ3v) is 7.04. The van der Waals surface area contributed by atoms with E-state index in [2.05, 4.69) is 25.9 Å². The van der Waals surface area contributed by atoms with Crippen LogP contribution in [-0.2, 0) is 19.7 Å². The van der Waals surface area contributed by atoms with E-state index in [1.165, 1.54) is 0 Å². The third-order valence-electron chi connectivity index (χ3n) is 7.04. The maximum atomic E-state index is 13.4. The van der Waals surface area contributed by atoms with Gasteiger partial charge in [0.05, 0.1) is 28.1 Å². The number of rotatable bonds is 7. The lowest BCUT2D eigenvalue weighted by atomic mass is 9.84. The number of esters is 1. The van der Waals surface area contributed by atoms with Crippen LogP contribution in [0.1, 0.15) is 67.6 Å². The molecule has 9 nitrogen and oxygen atoms in total. The van der Waals surface area contributed by atoms with Gasteiger partial charge in [0.2, 0.25) is 0 Å². The van der Waals surface area contributed by atoms with Crippen molar-refractivity contribution in [3.8, 4) is 0 Å².